The normalized spacial score (nSPS) is 15.6. The Kier molecular flexibility index (Phi) is 10.0. The van der Waals surface area contributed by atoms with Crippen molar-refractivity contribution in [1.29, 1.82) is 0 Å². The Morgan fingerprint density at radius 3 is 2.61 bits per heavy atom. The fourth-order valence-electron chi connectivity index (χ4n) is 5.20. The monoisotopic (exact) mass is 628 g/mol. The van der Waals surface area contributed by atoms with Crippen molar-refractivity contribution in [2.24, 2.45) is 0 Å². The van der Waals surface area contributed by atoms with E-state index in [4.69, 9.17) is 4.74 Å². The average Bonchev–Trinajstić information content (AvgIpc) is 3.77. The van der Waals surface area contributed by atoms with Gasteiger partial charge in [-0.25, -0.2) is 0 Å². The van der Waals surface area contributed by atoms with Crippen molar-refractivity contribution in [2.75, 3.05) is 18.7 Å². The van der Waals surface area contributed by atoms with Gasteiger partial charge in [-0.05, 0) is 41.8 Å². The standard InChI is InChI=1S/C31H32N8O7/c1-2-7-24-17-46-18-38(24)31(43)22-13-21(15-25(16-22)39(44)45)29(41)33-26(12-19-8-4-3-5-9-19)27(40)30(42)32-23-11-6-10-20(14-23)28-34-36-37-35-28/h3-6,8-11,13-16,24,26-27,40H,2,7,12,17-18H2,1H3,(H,32,42)(H,33,41)(H,34,35,36,37)/t24-,26-,27-/m0/s1. The van der Waals surface area contributed by atoms with E-state index in [9.17, 15) is 29.6 Å². The number of hydrogen-bond donors (Lipinski definition) is 4. The van der Waals surface area contributed by atoms with Crippen LogP contribution in [0.3, 0.4) is 0 Å². The first kappa shape index (κ1) is 31.9. The molecule has 1 aliphatic heterocycles. The molecule has 3 aromatic carbocycles. The zero-order chi connectivity index (χ0) is 32.6. The van der Waals surface area contributed by atoms with Crippen LogP contribution in [-0.4, -0.2) is 84.8 Å². The molecule has 0 spiro atoms. The summed E-state index contributed by atoms with van der Waals surface area (Å²) in [4.78, 5) is 52.9. The first-order chi connectivity index (χ1) is 22.2. The minimum Gasteiger partial charge on any atom is -0.381 e. The Morgan fingerprint density at radius 1 is 1.11 bits per heavy atom. The Balaban J connectivity index is 1.39. The number of carbonyl (C=O) groups excluding carboxylic acids is 3. The molecule has 0 saturated carbocycles. The van der Waals surface area contributed by atoms with Crippen LogP contribution in [0, 0.1) is 10.1 Å². The molecule has 238 valence electrons. The number of aromatic amines is 1. The van der Waals surface area contributed by atoms with Crippen molar-refractivity contribution in [3.05, 3.63) is 99.6 Å². The second-order valence-corrected chi connectivity index (χ2v) is 10.8. The number of benzene rings is 3. The average molecular weight is 629 g/mol. The number of carbonyl (C=O) groups is 3. The third kappa shape index (κ3) is 7.57. The number of nitro benzene ring substituents is 1. The highest BCUT2D eigenvalue weighted by Crippen LogP contribution is 2.24. The van der Waals surface area contributed by atoms with Crippen molar-refractivity contribution in [1.82, 2.24) is 30.8 Å². The summed E-state index contributed by atoms with van der Waals surface area (Å²) in [6.45, 7) is 2.36. The number of rotatable bonds is 12. The van der Waals surface area contributed by atoms with Gasteiger partial charge in [0.25, 0.3) is 23.4 Å². The van der Waals surface area contributed by atoms with E-state index in [1.54, 1.807) is 54.6 Å². The largest absolute Gasteiger partial charge is 0.381 e. The van der Waals surface area contributed by atoms with Gasteiger partial charge < -0.3 is 25.4 Å². The van der Waals surface area contributed by atoms with Crippen LogP contribution in [0.4, 0.5) is 11.4 Å². The highest BCUT2D eigenvalue weighted by molar-refractivity contribution is 6.01. The molecule has 0 radical (unpaired) electrons. The van der Waals surface area contributed by atoms with Crippen LogP contribution in [-0.2, 0) is 16.0 Å². The predicted octanol–water partition coefficient (Wildman–Crippen LogP) is 2.71. The molecule has 15 heteroatoms. The van der Waals surface area contributed by atoms with E-state index in [0.29, 0.717) is 35.7 Å². The second kappa shape index (κ2) is 14.5. The molecule has 0 unspecified atom stereocenters. The van der Waals surface area contributed by atoms with Gasteiger partial charge in [0.15, 0.2) is 6.10 Å². The van der Waals surface area contributed by atoms with Gasteiger partial charge in [0.05, 0.1) is 23.6 Å². The number of tetrazole rings is 1. The maximum Gasteiger partial charge on any atom is 0.271 e. The van der Waals surface area contributed by atoms with Gasteiger partial charge in [0, 0.05) is 34.5 Å². The Morgan fingerprint density at radius 2 is 1.89 bits per heavy atom. The predicted molar refractivity (Wildman–Crippen MR) is 164 cm³/mol. The number of aliphatic hydroxyl groups is 1. The molecule has 1 saturated heterocycles. The van der Waals surface area contributed by atoms with Crippen molar-refractivity contribution in [3.63, 3.8) is 0 Å². The summed E-state index contributed by atoms with van der Waals surface area (Å²) in [6, 6.07) is 17.6. The Labute approximate surface area is 263 Å². The number of non-ortho nitro benzene ring substituents is 1. The molecule has 4 N–H and O–H groups in total. The number of aromatic nitrogens is 4. The molecular weight excluding hydrogens is 596 g/mol. The third-order valence-corrected chi connectivity index (χ3v) is 7.50. The lowest BCUT2D eigenvalue weighted by Crippen LogP contribution is -2.50. The lowest BCUT2D eigenvalue weighted by Gasteiger charge is -2.24. The quantitative estimate of drug-likeness (QED) is 0.133. The molecule has 5 rings (SSSR count). The zero-order valence-electron chi connectivity index (χ0n) is 24.8. The molecule has 46 heavy (non-hydrogen) atoms. The van der Waals surface area contributed by atoms with Gasteiger partial charge in [-0.1, -0.05) is 55.8 Å². The van der Waals surface area contributed by atoms with Crippen molar-refractivity contribution < 1.29 is 29.2 Å². The fourth-order valence-corrected chi connectivity index (χ4v) is 5.20. The van der Waals surface area contributed by atoms with E-state index < -0.39 is 40.5 Å². The van der Waals surface area contributed by atoms with Gasteiger partial charge in [-0.3, -0.25) is 24.5 Å². The minimum atomic E-state index is -1.74. The topological polar surface area (TPSA) is 206 Å². The molecule has 1 fully saturated rings. The first-order valence-electron chi connectivity index (χ1n) is 14.6. The summed E-state index contributed by atoms with van der Waals surface area (Å²) < 4.78 is 5.46. The number of H-pyrrole nitrogens is 1. The molecule has 3 atom stereocenters. The number of nitrogens with zero attached hydrogens (tertiary/aromatic N) is 5. The number of nitro groups is 1. The number of anilines is 1. The van der Waals surface area contributed by atoms with Crippen LogP contribution < -0.4 is 10.6 Å². The lowest BCUT2D eigenvalue weighted by molar-refractivity contribution is -0.384. The highest BCUT2D eigenvalue weighted by Gasteiger charge is 2.32. The summed E-state index contributed by atoms with van der Waals surface area (Å²) in [5.41, 5.74) is 0.929. The van der Waals surface area contributed by atoms with Gasteiger partial charge in [-0.15, -0.1) is 10.2 Å². The molecule has 2 heterocycles. The van der Waals surface area contributed by atoms with E-state index >= 15 is 0 Å². The summed E-state index contributed by atoms with van der Waals surface area (Å²) in [7, 11) is 0. The smallest absolute Gasteiger partial charge is 0.271 e. The van der Waals surface area contributed by atoms with Crippen LogP contribution >= 0.6 is 0 Å². The maximum absolute atomic E-state index is 13.6. The van der Waals surface area contributed by atoms with Crippen molar-refractivity contribution in [3.8, 4) is 11.4 Å². The van der Waals surface area contributed by atoms with Gasteiger partial charge in [0.2, 0.25) is 5.82 Å². The summed E-state index contributed by atoms with van der Waals surface area (Å²) in [5.74, 6) is -1.82. The molecule has 15 nitrogen and oxygen atoms in total. The van der Waals surface area contributed by atoms with Crippen molar-refractivity contribution >= 4 is 29.1 Å². The van der Waals surface area contributed by atoms with Gasteiger partial charge in [-0.2, -0.15) is 5.21 Å². The Bertz CT molecular complexity index is 1700. The lowest BCUT2D eigenvalue weighted by atomic mass is 9.99. The van der Waals surface area contributed by atoms with E-state index in [0.717, 1.165) is 18.6 Å². The van der Waals surface area contributed by atoms with E-state index in [-0.39, 0.29) is 30.3 Å². The second-order valence-electron chi connectivity index (χ2n) is 10.8. The van der Waals surface area contributed by atoms with Crippen LogP contribution in [0.15, 0.2) is 72.8 Å². The zero-order valence-corrected chi connectivity index (χ0v) is 24.8. The SMILES string of the molecule is CCC[C@H]1COCN1C(=O)c1cc(C(=O)N[C@@H](Cc2ccccc2)[C@H](O)C(=O)Nc2cccc(-c3nn[nH]n3)c2)cc([N+](=O)[O-])c1. The first-order valence-corrected chi connectivity index (χ1v) is 14.6. The maximum atomic E-state index is 13.6. The fraction of sp³-hybridized carbons (Fsp3) is 0.290. The number of ether oxygens (including phenoxy) is 1. The highest BCUT2D eigenvalue weighted by atomic mass is 16.6. The third-order valence-electron chi connectivity index (χ3n) is 7.50. The van der Waals surface area contributed by atoms with E-state index in [1.165, 1.54) is 11.0 Å². The number of aliphatic hydroxyl groups excluding tert-OH is 1. The summed E-state index contributed by atoms with van der Waals surface area (Å²) in [5, 5.41) is 42.0. The molecule has 1 aliphatic rings. The molecule has 1 aromatic heterocycles. The molecule has 0 bridgehead atoms. The van der Waals surface area contributed by atoms with Crippen LogP contribution in [0.25, 0.3) is 11.4 Å². The molecule has 0 aliphatic carbocycles. The van der Waals surface area contributed by atoms with Crippen LogP contribution in [0.5, 0.6) is 0 Å². The number of hydrogen-bond acceptors (Lipinski definition) is 10. The molecular formula is C31H32N8O7. The van der Waals surface area contributed by atoms with Crippen LogP contribution in [0.1, 0.15) is 46.0 Å². The van der Waals surface area contributed by atoms with Gasteiger partial charge in [0.1, 0.15) is 6.73 Å². The van der Waals surface area contributed by atoms with Crippen LogP contribution in [0.2, 0.25) is 0 Å². The summed E-state index contributed by atoms with van der Waals surface area (Å²) in [6.07, 6.45) is -0.191. The van der Waals surface area contributed by atoms with E-state index in [1.807, 2.05) is 6.92 Å². The molecule has 3 amide bonds. The minimum absolute atomic E-state index is 0.0339. The van der Waals surface area contributed by atoms with E-state index in [2.05, 4.69) is 31.3 Å². The van der Waals surface area contributed by atoms with Crippen molar-refractivity contribution in [2.45, 2.75) is 44.4 Å². The van der Waals surface area contributed by atoms with Gasteiger partial charge >= 0.3 is 0 Å². The number of nitrogens with one attached hydrogen (secondary N) is 3. The number of amides is 3. The summed E-state index contributed by atoms with van der Waals surface area (Å²) >= 11 is 0. The molecule has 4 aromatic rings. The Hall–Kier alpha value is -5.54.